The molecule has 1 aromatic carbocycles. The van der Waals surface area contributed by atoms with Crippen LogP contribution in [0.15, 0.2) is 35.7 Å². The molecule has 0 aliphatic carbocycles. The molecule has 0 unspecified atom stereocenters. The van der Waals surface area contributed by atoms with Gasteiger partial charge in [0.25, 0.3) is 0 Å². The highest BCUT2D eigenvalue weighted by molar-refractivity contribution is 7.99. The zero-order chi connectivity index (χ0) is 8.97. The van der Waals surface area contributed by atoms with Gasteiger partial charge in [0.05, 0.1) is 0 Å². The second-order valence-electron chi connectivity index (χ2n) is 2.87. The summed E-state index contributed by atoms with van der Waals surface area (Å²) in [4.78, 5) is 1.37. The third kappa shape index (κ3) is 2.42. The van der Waals surface area contributed by atoms with E-state index in [4.69, 9.17) is 0 Å². The number of benzene rings is 1. The molecule has 0 bridgehead atoms. The molecule has 0 saturated heterocycles. The highest BCUT2D eigenvalue weighted by atomic mass is 32.2. The molecule has 1 rings (SSSR count). The molecule has 0 radical (unpaired) electrons. The van der Waals surface area contributed by atoms with Gasteiger partial charge in [0, 0.05) is 10.6 Å². The van der Waals surface area contributed by atoms with Crippen molar-refractivity contribution in [1.82, 2.24) is 0 Å². The molecular formula is C11H14S. The van der Waals surface area contributed by atoms with Crippen LogP contribution in [0.4, 0.5) is 0 Å². The molecule has 0 nitrogen and oxygen atoms in total. The minimum atomic E-state index is 0.990. The molecule has 1 aromatic rings. The molecule has 0 amide bonds. The van der Waals surface area contributed by atoms with Crippen molar-refractivity contribution in [3.8, 4) is 0 Å². The molecule has 0 N–H and O–H groups in total. The summed E-state index contributed by atoms with van der Waals surface area (Å²) in [6.45, 7) is 7.97. The Balaban J connectivity index is 2.82. The van der Waals surface area contributed by atoms with Crippen LogP contribution in [-0.4, -0.2) is 5.75 Å². The number of hydrogen-bond donors (Lipinski definition) is 0. The van der Waals surface area contributed by atoms with Gasteiger partial charge < -0.3 is 0 Å². The van der Waals surface area contributed by atoms with Crippen LogP contribution in [0.3, 0.4) is 0 Å². The van der Waals surface area contributed by atoms with Crippen LogP contribution in [0, 0.1) is 13.8 Å². The van der Waals surface area contributed by atoms with Crippen molar-refractivity contribution in [1.29, 1.82) is 0 Å². The summed E-state index contributed by atoms with van der Waals surface area (Å²) in [5.74, 6) is 0.990. The first-order valence-electron chi connectivity index (χ1n) is 4.05. The average Bonchev–Trinajstić information content (AvgIpc) is 2.07. The summed E-state index contributed by atoms with van der Waals surface area (Å²) in [5, 5.41) is 0. The molecule has 0 aliphatic heterocycles. The van der Waals surface area contributed by atoms with E-state index >= 15 is 0 Å². The van der Waals surface area contributed by atoms with Gasteiger partial charge in [0.2, 0.25) is 0 Å². The van der Waals surface area contributed by atoms with E-state index in [-0.39, 0.29) is 0 Å². The predicted molar refractivity (Wildman–Crippen MR) is 56.8 cm³/mol. The zero-order valence-electron chi connectivity index (χ0n) is 7.63. The molecular weight excluding hydrogens is 164 g/mol. The monoisotopic (exact) mass is 178 g/mol. The highest BCUT2D eigenvalue weighted by Crippen LogP contribution is 2.23. The Hall–Kier alpha value is -0.690. The largest absolute Gasteiger partial charge is 0.122 e. The standard InChI is InChI=1S/C11H14S/c1-4-7-12-11-8-9(2)5-6-10(11)3/h4-6,8H,1,7H2,2-3H3. The van der Waals surface area contributed by atoms with Crippen LogP contribution >= 0.6 is 11.8 Å². The Kier molecular flexibility index (Phi) is 3.42. The first-order chi connectivity index (χ1) is 5.74. The van der Waals surface area contributed by atoms with E-state index in [1.54, 1.807) is 0 Å². The maximum absolute atomic E-state index is 3.71. The summed E-state index contributed by atoms with van der Waals surface area (Å²) in [6, 6.07) is 6.54. The Bertz CT molecular complexity index is 276. The van der Waals surface area contributed by atoms with Gasteiger partial charge >= 0.3 is 0 Å². The van der Waals surface area contributed by atoms with E-state index < -0.39 is 0 Å². The van der Waals surface area contributed by atoms with Crippen LogP contribution in [0.2, 0.25) is 0 Å². The summed E-state index contributed by atoms with van der Waals surface area (Å²) < 4.78 is 0. The Morgan fingerprint density at radius 1 is 1.42 bits per heavy atom. The molecule has 1 heteroatoms. The van der Waals surface area contributed by atoms with Crippen molar-refractivity contribution < 1.29 is 0 Å². The minimum Gasteiger partial charge on any atom is -0.122 e. The van der Waals surface area contributed by atoms with Crippen LogP contribution in [0.1, 0.15) is 11.1 Å². The normalized spacial score (nSPS) is 9.83. The number of hydrogen-bond acceptors (Lipinski definition) is 1. The Morgan fingerprint density at radius 2 is 2.17 bits per heavy atom. The van der Waals surface area contributed by atoms with E-state index in [2.05, 4.69) is 38.6 Å². The molecule has 0 saturated carbocycles. The smallest absolute Gasteiger partial charge is 0.0158 e. The third-order valence-corrected chi connectivity index (χ3v) is 2.85. The van der Waals surface area contributed by atoms with Gasteiger partial charge in [-0.15, -0.1) is 18.3 Å². The van der Waals surface area contributed by atoms with E-state index in [9.17, 15) is 0 Å². The maximum atomic E-state index is 3.71. The van der Waals surface area contributed by atoms with Crippen molar-refractivity contribution in [2.45, 2.75) is 18.7 Å². The fourth-order valence-electron chi connectivity index (χ4n) is 1.01. The van der Waals surface area contributed by atoms with Crippen LogP contribution in [0.5, 0.6) is 0 Å². The van der Waals surface area contributed by atoms with Gasteiger partial charge in [-0.3, -0.25) is 0 Å². The van der Waals surface area contributed by atoms with Crippen LogP contribution in [0.25, 0.3) is 0 Å². The molecule has 0 atom stereocenters. The van der Waals surface area contributed by atoms with Crippen molar-refractivity contribution in [3.05, 3.63) is 42.0 Å². The summed E-state index contributed by atoms with van der Waals surface area (Å²) in [7, 11) is 0. The maximum Gasteiger partial charge on any atom is 0.0158 e. The van der Waals surface area contributed by atoms with Crippen molar-refractivity contribution in [3.63, 3.8) is 0 Å². The SMILES string of the molecule is C=CCSc1cc(C)ccc1C. The van der Waals surface area contributed by atoms with E-state index in [0.717, 1.165) is 5.75 Å². The highest BCUT2D eigenvalue weighted by Gasteiger charge is 1.96. The van der Waals surface area contributed by atoms with E-state index in [1.807, 2.05) is 17.8 Å². The van der Waals surface area contributed by atoms with Gasteiger partial charge in [-0.1, -0.05) is 23.8 Å². The zero-order valence-corrected chi connectivity index (χ0v) is 8.45. The Labute approximate surface area is 78.7 Å². The lowest BCUT2D eigenvalue weighted by molar-refractivity contribution is 1.26. The molecule has 0 aliphatic rings. The van der Waals surface area contributed by atoms with Gasteiger partial charge in [-0.2, -0.15) is 0 Å². The molecule has 0 heterocycles. The summed E-state index contributed by atoms with van der Waals surface area (Å²) in [5.41, 5.74) is 2.68. The third-order valence-electron chi connectivity index (χ3n) is 1.70. The van der Waals surface area contributed by atoms with Crippen molar-refractivity contribution in [2.24, 2.45) is 0 Å². The fourth-order valence-corrected chi connectivity index (χ4v) is 1.87. The topological polar surface area (TPSA) is 0 Å². The van der Waals surface area contributed by atoms with Crippen LogP contribution in [-0.2, 0) is 0 Å². The lowest BCUT2D eigenvalue weighted by atomic mass is 10.2. The molecule has 0 aromatic heterocycles. The predicted octanol–water partition coefficient (Wildman–Crippen LogP) is 3.58. The van der Waals surface area contributed by atoms with E-state index in [1.165, 1.54) is 16.0 Å². The second-order valence-corrected chi connectivity index (χ2v) is 3.93. The quantitative estimate of drug-likeness (QED) is 0.503. The van der Waals surface area contributed by atoms with Gasteiger partial charge in [-0.25, -0.2) is 0 Å². The molecule has 0 fully saturated rings. The molecule has 64 valence electrons. The van der Waals surface area contributed by atoms with Crippen molar-refractivity contribution in [2.75, 3.05) is 5.75 Å². The first kappa shape index (κ1) is 9.40. The summed E-state index contributed by atoms with van der Waals surface area (Å²) >= 11 is 1.84. The fraction of sp³-hybridized carbons (Fsp3) is 0.273. The van der Waals surface area contributed by atoms with Gasteiger partial charge in [-0.05, 0) is 25.5 Å². The number of thioether (sulfide) groups is 1. The number of aryl methyl sites for hydroxylation is 2. The van der Waals surface area contributed by atoms with Crippen molar-refractivity contribution >= 4 is 11.8 Å². The minimum absolute atomic E-state index is 0.990. The average molecular weight is 178 g/mol. The lowest BCUT2D eigenvalue weighted by Gasteiger charge is -2.04. The second kappa shape index (κ2) is 4.36. The molecule has 0 spiro atoms. The Morgan fingerprint density at radius 3 is 2.83 bits per heavy atom. The first-order valence-corrected chi connectivity index (χ1v) is 5.03. The lowest BCUT2D eigenvalue weighted by Crippen LogP contribution is -1.81. The van der Waals surface area contributed by atoms with Gasteiger partial charge in [0.15, 0.2) is 0 Å². The number of rotatable bonds is 3. The summed E-state index contributed by atoms with van der Waals surface area (Å²) in [6.07, 6.45) is 1.94. The van der Waals surface area contributed by atoms with E-state index in [0.29, 0.717) is 0 Å². The van der Waals surface area contributed by atoms with Gasteiger partial charge in [0.1, 0.15) is 0 Å². The molecule has 12 heavy (non-hydrogen) atoms. The van der Waals surface area contributed by atoms with Crippen LogP contribution < -0.4 is 0 Å².